The van der Waals surface area contributed by atoms with E-state index in [1.807, 2.05) is 0 Å². The van der Waals surface area contributed by atoms with Gasteiger partial charge in [0.2, 0.25) is 5.91 Å². The second-order valence-corrected chi connectivity index (χ2v) is 8.98. The standard InChI is InChI=1S/C19H29NO2/c1-17-9-8-16(21)20-15(17)5-4-12-13(17)6-10-18(2)14(12)7-11-19(18,3)22/h8-9,12-15,22H,4-7,10-11H2,1-3H3,(H,20,21)/t12-,13-,14+,15?,17-,18+,19?/m1/s1. The van der Waals surface area contributed by atoms with Crippen molar-refractivity contribution in [3.8, 4) is 0 Å². The Morgan fingerprint density at radius 2 is 1.82 bits per heavy atom. The molecule has 4 rings (SSSR count). The van der Waals surface area contributed by atoms with Gasteiger partial charge in [-0.1, -0.05) is 19.9 Å². The Balaban J connectivity index is 1.69. The van der Waals surface area contributed by atoms with Gasteiger partial charge in [-0.2, -0.15) is 0 Å². The van der Waals surface area contributed by atoms with Gasteiger partial charge >= 0.3 is 0 Å². The van der Waals surface area contributed by atoms with Crippen LogP contribution in [0, 0.1) is 28.6 Å². The smallest absolute Gasteiger partial charge is 0.243 e. The molecule has 0 aromatic carbocycles. The molecule has 122 valence electrons. The van der Waals surface area contributed by atoms with Gasteiger partial charge < -0.3 is 10.4 Å². The van der Waals surface area contributed by atoms with Gasteiger partial charge in [0.15, 0.2) is 0 Å². The first-order valence-electron chi connectivity index (χ1n) is 9.00. The van der Waals surface area contributed by atoms with Gasteiger partial charge in [0.05, 0.1) is 5.60 Å². The van der Waals surface area contributed by atoms with E-state index in [4.69, 9.17) is 0 Å². The van der Waals surface area contributed by atoms with Gasteiger partial charge in [0, 0.05) is 11.5 Å². The first-order valence-corrected chi connectivity index (χ1v) is 9.00. The summed E-state index contributed by atoms with van der Waals surface area (Å²) in [4.78, 5) is 11.7. The molecule has 3 saturated carbocycles. The Morgan fingerprint density at radius 1 is 1.09 bits per heavy atom. The Morgan fingerprint density at radius 3 is 2.59 bits per heavy atom. The molecule has 0 bridgehead atoms. The van der Waals surface area contributed by atoms with Crippen molar-refractivity contribution < 1.29 is 9.90 Å². The van der Waals surface area contributed by atoms with E-state index in [0.29, 0.717) is 23.8 Å². The summed E-state index contributed by atoms with van der Waals surface area (Å²) in [5.41, 5.74) is -0.317. The summed E-state index contributed by atoms with van der Waals surface area (Å²) in [6.07, 6.45) is 10.7. The quantitative estimate of drug-likeness (QED) is 0.722. The average Bonchev–Trinajstić information content (AvgIpc) is 2.70. The predicted molar refractivity (Wildman–Crippen MR) is 86.1 cm³/mol. The molecule has 3 nitrogen and oxygen atoms in total. The number of hydrogen-bond donors (Lipinski definition) is 2. The van der Waals surface area contributed by atoms with Crippen LogP contribution in [0.3, 0.4) is 0 Å². The summed E-state index contributed by atoms with van der Waals surface area (Å²) in [6, 6.07) is 0.303. The van der Waals surface area contributed by atoms with Crippen molar-refractivity contribution in [2.45, 2.75) is 70.9 Å². The second-order valence-electron chi connectivity index (χ2n) is 8.98. The van der Waals surface area contributed by atoms with Crippen molar-refractivity contribution in [2.75, 3.05) is 0 Å². The summed E-state index contributed by atoms with van der Waals surface area (Å²) in [5, 5.41) is 14.1. The van der Waals surface area contributed by atoms with Crippen LogP contribution in [0.5, 0.6) is 0 Å². The lowest BCUT2D eigenvalue weighted by Gasteiger charge is -2.59. The molecule has 0 aromatic rings. The van der Waals surface area contributed by atoms with Crippen molar-refractivity contribution >= 4 is 5.91 Å². The number of rotatable bonds is 0. The van der Waals surface area contributed by atoms with Gasteiger partial charge in [-0.3, -0.25) is 4.79 Å². The molecule has 4 aliphatic rings. The SMILES string of the molecule is CC1(O)CC[C@H]2[C@@H]3CCC4NC(=O)C=C[C@]4(C)[C@@H]3CC[C@@]21C. The average molecular weight is 303 g/mol. The molecular formula is C19H29NO2. The number of hydrogen-bond acceptors (Lipinski definition) is 2. The van der Waals surface area contributed by atoms with Gasteiger partial charge in [-0.15, -0.1) is 0 Å². The van der Waals surface area contributed by atoms with Gasteiger partial charge in [-0.25, -0.2) is 0 Å². The van der Waals surface area contributed by atoms with Crippen LogP contribution in [0.25, 0.3) is 0 Å². The monoisotopic (exact) mass is 303 g/mol. The van der Waals surface area contributed by atoms with Crippen LogP contribution in [0.15, 0.2) is 12.2 Å². The first kappa shape index (κ1) is 14.7. The fourth-order valence-electron chi connectivity index (χ4n) is 6.58. The Hall–Kier alpha value is -0.830. The highest BCUT2D eigenvalue weighted by molar-refractivity contribution is 5.89. The van der Waals surface area contributed by atoms with Crippen LogP contribution in [0.4, 0.5) is 0 Å². The topological polar surface area (TPSA) is 49.3 Å². The third kappa shape index (κ3) is 1.69. The zero-order valence-corrected chi connectivity index (χ0v) is 14.1. The van der Waals surface area contributed by atoms with Crippen LogP contribution < -0.4 is 5.32 Å². The van der Waals surface area contributed by atoms with E-state index < -0.39 is 5.60 Å². The highest BCUT2D eigenvalue weighted by atomic mass is 16.3. The van der Waals surface area contributed by atoms with E-state index >= 15 is 0 Å². The molecular weight excluding hydrogens is 274 g/mol. The molecule has 0 saturated heterocycles. The molecule has 3 heteroatoms. The largest absolute Gasteiger partial charge is 0.390 e. The summed E-state index contributed by atoms with van der Waals surface area (Å²) >= 11 is 0. The number of fused-ring (bicyclic) bond motifs is 5. The molecule has 1 heterocycles. The molecule has 3 fully saturated rings. The zero-order chi connectivity index (χ0) is 15.8. The maximum Gasteiger partial charge on any atom is 0.243 e. The maximum absolute atomic E-state index is 11.7. The molecule has 7 atom stereocenters. The third-order valence-electron chi connectivity index (χ3n) is 8.25. The molecule has 0 radical (unpaired) electrons. The maximum atomic E-state index is 11.7. The Labute approximate surface area is 133 Å². The van der Waals surface area contributed by atoms with Gasteiger partial charge in [0.25, 0.3) is 0 Å². The Kier molecular flexibility index (Phi) is 2.93. The fraction of sp³-hybridized carbons (Fsp3) is 0.842. The minimum Gasteiger partial charge on any atom is -0.390 e. The number of carbonyl (C=O) groups is 1. The molecule has 3 aliphatic carbocycles. The van der Waals surface area contributed by atoms with E-state index in [-0.39, 0.29) is 16.7 Å². The van der Waals surface area contributed by atoms with Crippen molar-refractivity contribution in [1.82, 2.24) is 5.32 Å². The molecule has 22 heavy (non-hydrogen) atoms. The lowest BCUT2D eigenvalue weighted by Crippen LogP contribution is -2.60. The second kappa shape index (κ2) is 4.37. The summed E-state index contributed by atoms with van der Waals surface area (Å²) in [6.45, 7) is 6.73. The van der Waals surface area contributed by atoms with Crippen LogP contribution in [-0.4, -0.2) is 22.7 Å². The molecule has 1 amide bonds. The molecule has 2 N–H and O–H groups in total. The van der Waals surface area contributed by atoms with E-state index in [1.54, 1.807) is 6.08 Å². The number of carbonyl (C=O) groups excluding carboxylic acids is 1. The van der Waals surface area contributed by atoms with Crippen molar-refractivity contribution in [3.05, 3.63) is 12.2 Å². The van der Waals surface area contributed by atoms with Crippen LogP contribution >= 0.6 is 0 Å². The van der Waals surface area contributed by atoms with Crippen LogP contribution in [0.1, 0.15) is 59.3 Å². The van der Waals surface area contributed by atoms with E-state index in [0.717, 1.165) is 19.3 Å². The molecule has 2 unspecified atom stereocenters. The third-order valence-corrected chi connectivity index (χ3v) is 8.25. The van der Waals surface area contributed by atoms with Crippen LogP contribution in [0.2, 0.25) is 0 Å². The van der Waals surface area contributed by atoms with Gasteiger partial charge in [0.1, 0.15) is 0 Å². The molecule has 0 spiro atoms. The fourth-order valence-corrected chi connectivity index (χ4v) is 6.58. The highest BCUT2D eigenvalue weighted by Gasteiger charge is 2.62. The first-order chi connectivity index (χ1) is 10.3. The van der Waals surface area contributed by atoms with E-state index in [9.17, 15) is 9.90 Å². The number of aliphatic hydroxyl groups is 1. The van der Waals surface area contributed by atoms with E-state index in [2.05, 4.69) is 32.2 Å². The van der Waals surface area contributed by atoms with Crippen molar-refractivity contribution in [1.29, 1.82) is 0 Å². The molecule has 1 aliphatic heterocycles. The van der Waals surface area contributed by atoms with E-state index in [1.165, 1.54) is 19.3 Å². The van der Waals surface area contributed by atoms with Crippen molar-refractivity contribution in [3.63, 3.8) is 0 Å². The highest BCUT2D eigenvalue weighted by Crippen LogP contribution is 2.65. The Bertz CT molecular complexity index is 540. The lowest BCUT2D eigenvalue weighted by molar-refractivity contribution is -0.131. The molecule has 0 aromatic heterocycles. The van der Waals surface area contributed by atoms with Crippen LogP contribution in [-0.2, 0) is 4.79 Å². The minimum absolute atomic E-state index is 0.0744. The summed E-state index contributed by atoms with van der Waals surface area (Å²) in [5.74, 6) is 2.07. The summed E-state index contributed by atoms with van der Waals surface area (Å²) in [7, 11) is 0. The number of nitrogens with one attached hydrogen (secondary N) is 1. The zero-order valence-electron chi connectivity index (χ0n) is 14.1. The predicted octanol–water partition coefficient (Wildman–Crippen LogP) is 3.03. The normalized spacial score (nSPS) is 56.8. The van der Waals surface area contributed by atoms with Gasteiger partial charge in [-0.05, 0) is 74.7 Å². The number of amides is 1. The lowest BCUT2D eigenvalue weighted by atomic mass is 9.47. The minimum atomic E-state index is -0.503. The summed E-state index contributed by atoms with van der Waals surface area (Å²) < 4.78 is 0. The van der Waals surface area contributed by atoms with Crippen molar-refractivity contribution in [2.24, 2.45) is 28.6 Å².